The molecule has 0 fully saturated rings. The van der Waals surface area contributed by atoms with Gasteiger partial charge < -0.3 is 5.11 Å². The molecule has 7 heteroatoms. The van der Waals surface area contributed by atoms with Crippen LogP contribution in [0.2, 0.25) is 0 Å². The van der Waals surface area contributed by atoms with Crippen LogP contribution in [0.25, 0.3) is 0 Å². The predicted octanol–water partition coefficient (Wildman–Crippen LogP) is 5.77. The Kier molecular flexibility index (Phi) is 10.3. The highest BCUT2D eigenvalue weighted by molar-refractivity contribution is 5.43. The topological polar surface area (TPSA) is 78.3 Å². The molecule has 5 rings (SSSR count). The van der Waals surface area contributed by atoms with E-state index in [2.05, 4.69) is 60.9 Å². The Morgan fingerprint density at radius 2 is 0.905 bits per heavy atom. The monoisotopic (exact) mass is 558 g/mol. The maximum atomic E-state index is 11.6. The first kappa shape index (κ1) is 29.0. The van der Waals surface area contributed by atoms with Crippen LogP contribution in [-0.2, 0) is 39.0 Å². The minimum Gasteiger partial charge on any atom is -0.507 e. The molecule has 214 valence electrons. The molecule has 0 aliphatic carbocycles. The van der Waals surface area contributed by atoms with Gasteiger partial charge in [-0.2, -0.15) is 0 Å². The number of benzene rings is 1. The van der Waals surface area contributed by atoms with Crippen LogP contribution >= 0.6 is 0 Å². The minimum absolute atomic E-state index is 0.355. The standard InChI is InChI=1S/C35H38N6O/c1-28-22-29(24-40(26-33-12-4-8-18-38-33)20-14-31-10-2-6-16-36-31)35(42)30(23-28)25-41(27-34-13-5-9-19-39-34)21-15-32-11-3-7-17-37-32/h2-13,16-19,22-23,42H,14-15,20-21,24-27H2,1H3. The second-order valence-corrected chi connectivity index (χ2v) is 10.6. The van der Waals surface area contributed by atoms with Gasteiger partial charge in [-0.25, -0.2) is 0 Å². The molecule has 1 aromatic carbocycles. The Bertz CT molecular complexity index is 1390. The van der Waals surface area contributed by atoms with Crippen LogP contribution in [0.3, 0.4) is 0 Å². The molecule has 0 amide bonds. The highest BCUT2D eigenvalue weighted by atomic mass is 16.3. The fraction of sp³-hybridized carbons (Fsp3) is 0.257. The molecule has 0 saturated heterocycles. The van der Waals surface area contributed by atoms with Crippen molar-refractivity contribution >= 4 is 0 Å². The summed E-state index contributed by atoms with van der Waals surface area (Å²) in [5, 5.41) is 11.6. The van der Waals surface area contributed by atoms with Crippen LogP contribution in [0.1, 0.15) is 39.5 Å². The lowest BCUT2D eigenvalue weighted by molar-refractivity contribution is 0.245. The van der Waals surface area contributed by atoms with Gasteiger partial charge in [-0.05, 0) is 55.5 Å². The number of hydrogen-bond donors (Lipinski definition) is 1. The number of aromatic hydroxyl groups is 1. The van der Waals surface area contributed by atoms with E-state index in [-0.39, 0.29) is 0 Å². The Hall–Kier alpha value is -4.46. The number of hydrogen-bond acceptors (Lipinski definition) is 7. The van der Waals surface area contributed by atoms with Crippen molar-refractivity contribution in [2.24, 2.45) is 0 Å². The number of pyridine rings is 4. The van der Waals surface area contributed by atoms with Gasteiger partial charge in [0.1, 0.15) is 5.75 Å². The van der Waals surface area contributed by atoms with E-state index < -0.39 is 0 Å². The number of rotatable bonds is 14. The molecule has 0 radical (unpaired) electrons. The fourth-order valence-corrected chi connectivity index (χ4v) is 5.16. The predicted molar refractivity (Wildman–Crippen MR) is 165 cm³/mol. The van der Waals surface area contributed by atoms with Crippen LogP contribution in [0.4, 0.5) is 0 Å². The second kappa shape index (κ2) is 15.0. The van der Waals surface area contributed by atoms with E-state index >= 15 is 0 Å². The van der Waals surface area contributed by atoms with E-state index in [0.717, 1.165) is 65.4 Å². The summed E-state index contributed by atoms with van der Waals surface area (Å²) in [7, 11) is 0. The van der Waals surface area contributed by atoms with Gasteiger partial charge in [-0.1, -0.05) is 42.0 Å². The lowest BCUT2D eigenvalue weighted by Crippen LogP contribution is -2.27. The normalized spacial score (nSPS) is 11.3. The summed E-state index contributed by atoms with van der Waals surface area (Å²) >= 11 is 0. The Balaban J connectivity index is 1.35. The highest BCUT2D eigenvalue weighted by Gasteiger charge is 2.17. The molecule has 42 heavy (non-hydrogen) atoms. The second-order valence-electron chi connectivity index (χ2n) is 10.6. The third-order valence-corrected chi connectivity index (χ3v) is 7.24. The summed E-state index contributed by atoms with van der Waals surface area (Å²) in [6, 6.07) is 28.2. The Morgan fingerprint density at radius 1 is 0.524 bits per heavy atom. The molecule has 0 saturated carbocycles. The SMILES string of the molecule is Cc1cc(CN(CCc2ccccn2)Cc2ccccn2)c(O)c(CN(CCc2ccccn2)Cc2ccccn2)c1. The van der Waals surface area contributed by atoms with Crippen LogP contribution in [-0.4, -0.2) is 47.9 Å². The molecule has 0 atom stereocenters. The maximum Gasteiger partial charge on any atom is 0.124 e. The lowest BCUT2D eigenvalue weighted by atomic mass is 10.0. The molecule has 4 heterocycles. The van der Waals surface area contributed by atoms with Crippen molar-refractivity contribution in [1.29, 1.82) is 0 Å². The molecule has 0 aliphatic heterocycles. The zero-order valence-electron chi connectivity index (χ0n) is 24.2. The zero-order valence-corrected chi connectivity index (χ0v) is 24.2. The third-order valence-electron chi connectivity index (χ3n) is 7.24. The van der Waals surface area contributed by atoms with Crippen molar-refractivity contribution in [2.75, 3.05) is 13.1 Å². The summed E-state index contributed by atoms with van der Waals surface area (Å²) in [5.41, 5.74) is 7.08. The van der Waals surface area contributed by atoms with Crippen LogP contribution in [0, 0.1) is 6.92 Å². The zero-order chi connectivity index (χ0) is 29.0. The summed E-state index contributed by atoms with van der Waals surface area (Å²) in [5.74, 6) is 0.355. The fourth-order valence-electron chi connectivity index (χ4n) is 5.16. The summed E-state index contributed by atoms with van der Waals surface area (Å²) in [6.45, 7) is 6.29. The van der Waals surface area contributed by atoms with E-state index in [1.54, 1.807) is 0 Å². The van der Waals surface area contributed by atoms with Gasteiger partial charge in [0.2, 0.25) is 0 Å². The average molecular weight is 559 g/mol. The van der Waals surface area contributed by atoms with Crippen molar-refractivity contribution in [2.45, 2.75) is 45.9 Å². The van der Waals surface area contributed by atoms with Gasteiger partial charge in [0.15, 0.2) is 0 Å². The smallest absolute Gasteiger partial charge is 0.124 e. The molecule has 0 unspecified atom stereocenters. The quantitative estimate of drug-likeness (QED) is 0.185. The summed E-state index contributed by atoms with van der Waals surface area (Å²) in [6.07, 6.45) is 8.96. The third kappa shape index (κ3) is 8.77. The van der Waals surface area contributed by atoms with Crippen LogP contribution in [0.5, 0.6) is 5.75 Å². The molecule has 5 aromatic rings. The van der Waals surface area contributed by atoms with Gasteiger partial charge in [0, 0.05) is 99.4 Å². The van der Waals surface area contributed by atoms with E-state index in [0.29, 0.717) is 31.9 Å². The van der Waals surface area contributed by atoms with Crippen LogP contribution in [0.15, 0.2) is 110 Å². The summed E-state index contributed by atoms with van der Waals surface area (Å²) in [4.78, 5) is 22.8. The lowest BCUT2D eigenvalue weighted by Gasteiger charge is -2.26. The number of phenolic OH excluding ortho intramolecular Hbond substituents is 1. The van der Waals surface area contributed by atoms with Gasteiger partial charge in [-0.15, -0.1) is 0 Å². The number of nitrogens with zero attached hydrogens (tertiary/aromatic N) is 6. The van der Waals surface area contributed by atoms with Gasteiger partial charge >= 0.3 is 0 Å². The summed E-state index contributed by atoms with van der Waals surface area (Å²) < 4.78 is 0. The van der Waals surface area contributed by atoms with E-state index in [4.69, 9.17) is 0 Å². The number of phenols is 1. The first-order valence-electron chi connectivity index (χ1n) is 14.5. The molecule has 0 bridgehead atoms. The van der Waals surface area contributed by atoms with Crippen molar-refractivity contribution in [3.05, 3.63) is 149 Å². The minimum atomic E-state index is 0.355. The van der Waals surface area contributed by atoms with Crippen LogP contribution < -0.4 is 0 Å². The largest absolute Gasteiger partial charge is 0.507 e. The van der Waals surface area contributed by atoms with Crippen molar-refractivity contribution in [1.82, 2.24) is 29.7 Å². The van der Waals surface area contributed by atoms with Crippen molar-refractivity contribution in [3.8, 4) is 5.75 Å². The molecule has 7 nitrogen and oxygen atoms in total. The highest BCUT2D eigenvalue weighted by Crippen LogP contribution is 2.28. The first-order chi connectivity index (χ1) is 20.6. The average Bonchev–Trinajstić information content (AvgIpc) is 3.03. The number of aromatic nitrogens is 4. The van der Waals surface area contributed by atoms with E-state index in [9.17, 15) is 5.11 Å². The molecule has 0 spiro atoms. The molecular formula is C35H38N6O. The van der Waals surface area contributed by atoms with Gasteiger partial charge in [0.05, 0.1) is 11.4 Å². The Labute approximate surface area is 248 Å². The molecule has 0 aliphatic rings. The van der Waals surface area contributed by atoms with Crippen molar-refractivity contribution in [3.63, 3.8) is 0 Å². The maximum absolute atomic E-state index is 11.6. The molecule has 4 aromatic heterocycles. The first-order valence-corrected chi connectivity index (χ1v) is 14.5. The molecular weight excluding hydrogens is 520 g/mol. The van der Waals surface area contributed by atoms with Gasteiger partial charge in [0.25, 0.3) is 0 Å². The van der Waals surface area contributed by atoms with E-state index in [1.165, 1.54) is 0 Å². The van der Waals surface area contributed by atoms with Crippen molar-refractivity contribution < 1.29 is 5.11 Å². The Morgan fingerprint density at radius 3 is 1.26 bits per heavy atom. The van der Waals surface area contributed by atoms with E-state index in [1.807, 2.05) is 85.5 Å². The molecule has 1 N–H and O–H groups in total. The van der Waals surface area contributed by atoms with Gasteiger partial charge in [-0.3, -0.25) is 29.7 Å². The number of aryl methyl sites for hydroxylation is 1.